The van der Waals surface area contributed by atoms with Crippen LogP contribution in [0.15, 0.2) is 24.3 Å². The lowest BCUT2D eigenvalue weighted by molar-refractivity contribution is -0.126. The molecule has 1 aromatic carbocycles. The maximum Gasteiger partial charge on any atom is 0.260 e. The maximum atomic E-state index is 11.2. The lowest BCUT2D eigenvalue weighted by atomic mass is 10.2. The van der Waals surface area contributed by atoms with Crippen molar-refractivity contribution >= 4 is 12.2 Å². The highest BCUT2D eigenvalue weighted by Gasteiger charge is 2.13. The maximum absolute atomic E-state index is 11.2. The van der Waals surface area contributed by atoms with E-state index < -0.39 is 6.10 Å². The van der Waals surface area contributed by atoms with Crippen molar-refractivity contribution in [1.82, 2.24) is 5.32 Å². The molecular formula is C11H13NO3. The van der Waals surface area contributed by atoms with Crippen molar-refractivity contribution in [1.29, 1.82) is 0 Å². The average molecular weight is 207 g/mol. The summed E-state index contributed by atoms with van der Waals surface area (Å²) in [6.45, 7) is 1.63. The highest BCUT2D eigenvalue weighted by atomic mass is 16.5. The molecule has 0 spiro atoms. The van der Waals surface area contributed by atoms with Crippen LogP contribution in [0.2, 0.25) is 0 Å². The summed E-state index contributed by atoms with van der Waals surface area (Å²) < 4.78 is 5.35. The molecule has 0 saturated heterocycles. The van der Waals surface area contributed by atoms with E-state index in [-0.39, 0.29) is 5.91 Å². The third kappa shape index (κ3) is 2.80. The van der Waals surface area contributed by atoms with E-state index in [0.717, 1.165) is 0 Å². The van der Waals surface area contributed by atoms with Crippen LogP contribution in [0, 0.1) is 0 Å². The Labute approximate surface area is 88.2 Å². The molecule has 1 N–H and O–H groups in total. The molecule has 1 aromatic rings. The van der Waals surface area contributed by atoms with Crippen LogP contribution in [0.4, 0.5) is 0 Å². The number of aldehydes is 1. The van der Waals surface area contributed by atoms with E-state index >= 15 is 0 Å². The minimum atomic E-state index is -0.615. The number of carbonyl (C=O) groups excluding carboxylic acids is 2. The number of para-hydroxylation sites is 1. The number of nitrogens with one attached hydrogen (secondary N) is 1. The van der Waals surface area contributed by atoms with Gasteiger partial charge >= 0.3 is 0 Å². The van der Waals surface area contributed by atoms with Crippen molar-refractivity contribution in [2.75, 3.05) is 7.05 Å². The van der Waals surface area contributed by atoms with Gasteiger partial charge in [-0.25, -0.2) is 0 Å². The lowest BCUT2D eigenvalue weighted by Gasteiger charge is -2.14. The van der Waals surface area contributed by atoms with Crippen molar-refractivity contribution in [3.05, 3.63) is 29.8 Å². The van der Waals surface area contributed by atoms with Crippen LogP contribution in [0.25, 0.3) is 0 Å². The molecule has 4 nitrogen and oxygen atoms in total. The molecule has 1 atom stereocenters. The largest absolute Gasteiger partial charge is 0.480 e. The van der Waals surface area contributed by atoms with Crippen LogP contribution in [0.1, 0.15) is 17.3 Å². The minimum absolute atomic E-state index is 0.226. The molecule has 0 fully saturated rings. The van der Waals surface area contributed by atoms with E-state index in [1.165, 1.54) is 7.05 Å². The van der Waals surface area contributed by atoms with Gasteiger partial charge in [0.2, 0.25) is 0 Å². The Balaban J connectivity index is 2.80. The summed E-state index contributed by atoms with van der Waals surface area (Å²) in [7, 11) is 1.54. The summed E-state index contributed by atoms with van der Waals surface area (Å²) in [6, 6.07) is 6.78. The number of hydrogen-bond donors (Lipinski definition) is 1. The van der Waals surface area contributed by atoms with Gasteiger partial charge in [-0.2, -0.15) is 0 Å². The van der Waals surface area contributed by atoms with Crippen LogP contribution >= 0.6 is 0 Å². The summed E-state index contributed by atoms with van der Waals surface area (Å²) in [5.41, 5.74) is 0.438. The van der Waals surface area contributed by atoms with Gasteiger partial charge in [0, 0.05) is 7.05 Å². The number of likely N-dealkylation sites (N-methyl/N-ethyl adjacent to an activating group) is 1. The Bertz CT molecular complexity index is 363. The topological polar surface area (TPSA) is 55.4 Å². The molecule has 1 unspecified atom stereocenters. The molecule has 0 aliphatic rings. The lowest BCUT2D eigenvalue weighted by Crippen LogP contribution is -2.33. The fraction of sp³-hybridized carbons (Fsp3) is 0.273. The van der Waals surface area contributed by atoms with E-state index in [1.807, 2.05) is 0 Å². The van der Waals surface area contributed by atoms with Crippen LogP contribution in [0.3, 0.4) is 0 Å². The second kappa shape index (κ2) is 5.14. The smallest absolute Gasteiger partial charge is 0.260 e. The Kier molecular flexibility index (Phi) is 3.85. The SMILES string of the molecule is CNC(=O)C(C)Oc1ccccc1C=O. The molecule has 0 radical (unpaired) electrons. The normalized spacial score (nSPS) is 11.6. The van der Waals surface area contributed by atoms with Crippen molar-refractivity contribution in [2.24, 2.45) is 0 Å². The molecule has 1 amide bonds. The van der Waals surface area contributed by atoms with Crippen molar-refractivity contribution in [3.8, 4) is 5.75 Å². The summed E-state index contributed by atoms with van der Waals surface area (Å²) in [6.07, 6.45) is 0.0856. The van der Waals surface area contributed by atoms with E-state index in [0.29, 0.717) is 17.6 Å². The first-order valence-corrected chi connectivity index (χ1v) is 4.61. The average Bonchev–Trinajstić information content (AvgIpc) is 2.28. The summed E-state index contributed by atoms with van der Waals surface area (Å²) in [4.78, 5) is 21.9. The molecule has 0 aromatic heterocycles. The van der Waals surface area contributed by atoms with Gasteiger partial charge < -0.3 is 10.1 Å². The Morgan fingerprint density at radius 1 is 1.47 bits per heavy atom. The highest BCUT2D eigenvalue weighted by Crippen LogP contribution is 2.17. The predicted molar refractivity (Wildman–Crippen MR) is 56.0 cm³/mol. The fourth-order valence-electron chi connectivity index (χ4n) is 1.13. The Morgan fingerprint density at radius 3 is 2.73 bits per heavy atom. The first kappa shape index (κ1) is 11.2. The summed E-state index contributed by atoms with van der Waals surface area (Å²) >= 11 is 0. The number of ether oxygens (including phenoxy) is 1. The van der Waals surface area contributed by atoms with E-state index in [1.54, 1.807) is 31.2 Å². The molecular weight excluding hydrogens is 194 g/mol. The zero-order valence-corrected chi connectivity index (χ0v) is 8.69. The monoisotopic (exact) mass is 207 g/mol. The Hall–Kier alpha value is -1.84. The van der Waals surface area contributed by atoms with Crippen molar-refractivity contribution in [3.63, 3.8) is 0 Å². The first-order valence-electron chi connectivity index (χ1n) is 4.61. The molecule has 0 bridgehead atoms. The zero-order chi connectivity index (χ0) is 11.3. The molecule has 0 aliphatic carbocycles. The Morgan fingerprint density at radius 2 is 2.13 bits per heavy atom. The second-order valence-corrected chi connectivity index (χ2v) is 3.03. The summed E-state index contributed by atoms with van der Waals surface area (Å²) in [5, 5.41) is 2.47. The van der Waals surface area contributed by atoms with Crippen molar-refractivity contribution < 1.29 is 14.3 Å². The number of rotatable bonds is 4. The van der Waals surface area contributed by atoms with Crippen LogP contribution < -0.4 is 10.1 Å². The third-order valence-corrected chi connectivity index (χ3v) is 1.97. The van der Waals surface area contributed by atoms with Crippen LogP contribution in [-0.4, -0.2) is 25.3 Å². The third-order valence-electron chi connectivity index (χ3n) is 1.97. The first-order chi connectivity index (χ1) is 7.19. The quantitative estimate of drug-likeness (QED) is 0.750. The fourth-order valence-corrected chi connectivity index (χ4v) is 1.13. The van der Waals surface area contributed by atoms with Crippen molar-refractivity contribution in [2.45, 2.75) is 13.0 Å². The molecule has 4 heteroatoms. The van der Waals surface area contributed by atoms with Gasteiger partial charge in [0.05, 0.1) is 5.56 Å². The standard InChI is InChI=1S/C11H13NO3/c1-8(11(14)12-2)15-10-6-4-3-5-9(10)7-13/h3-8H,1-2H3,(H,12,14). The van der Waals surface area contributed by atoms with Gasteiger partial charge in [-0.1, -0.05) is 12.1 Å². The molecule has 0 saturated carbocycles. The van der Waals surface area contributed by atoms with Gasteiger partial charge in [-0.15, -0.1) is 0 Å². The van der Waals surface area contributed by atoms with Gasteiger partial charge in [0.1, 0.15) is 5.75 Å². The van der Waals surface area contributed by atoms with Gasteiger partial charge in [-0.05, 0) is 19.1 Å². The van der Waals surface area contributed by atoms with Gasteiger partial charge in [-0.3, -0.25) is 9.59 Å². The van der Waals surface area contributed by atoms with Gasteiger partial charge in [0.15, 0.2) is 12.4 Å². The molecule has 80 valence electrons. The van der Waals surface area contributed by atoms with E-state index in [2.05, 4.69) is 5.32 Å². The molecule has 15 heavy (non-hydrogen) atoms. The number of hydrogen-bond acceptors (Lipinski definition) is 3. The predicted octanol–water partition coefficient (Wildman–Crippen LogP) is 1.01. The number of carbonyl (C=O) groups is 2. The van der Waals surface area contributed by atoms with E-state index in [4.69, 9.17) is 4.74 Å². The minimum Gasteiger partial charge on any atom is -0.480 e. The van der Waals surface area contributed by atoms with Crippen LogP contribution in [0.5, 0.6) is 5.75 Å². The summed E-state index contributed by atoms with van der Waals surface area (Å²) in [5.74, 6) is 0.194. The second-order valence-electron chi connectivity index (χ2n) is 3.03. The number of amides is 1. The van der Waals surface area contributed by atoms with Crippen LogP contribution in [-0.2, 0) is 4.79 Å². The van der Waals surface area contributed by atoms with E-state index in [9.17, 15) is 9.59 Å². The highest BCUT2D eigenvalue weighted by molar-refractivity contribution is 5.82. The number of benzene rings is 1. The molecule has 0 heterocycles. The molecule has 1 rings (SSSR count). The molecule has 0 aliphatic heterocycles. The zero-order valence-electron chi connectivity index (χ0n) is 8.69. The van der Waals surface area contributed by atoms with Gasteiger partial charge in [0.25, 0.3) is 5.91 Å².